The highest BCUT2D eigenvalue weighted by atomic mass is 79.9. The monoisotopic (exact) mass is 484 g/mol. The van der Waals surface area contributed by atoms with Gasteiger partial charge in [0.1, 0.15) is 0 Å². The van der Waals surface area contributed by atoms with E-state index in [4.69, 9.17) is 0 Å². The number of aromatic nitrogens is 4. The van der Waals surface area contributed by atoms with Gasteiger partial charge in [0.15, 0.2) is 10.9 Å². The molecule has 8 heteroatoms. The number of rotatable bonds is 7. The average Bonchev–Trinajstić information content (AvgIpc) is 3.17. The molecule has 0 saturated carbocycles. The fourth-order valence-corrected chi connectivity index (χ4v) is 4.59. The highest BCUT2D eigenvalue weighted by molar-refractivity contribution is 9.10. The van der Waals surface area contributed by atoms with E-state index in [0.717, 1.165) is 22.8 Å². The molecule has 0 N–H and O–H groups in total. The van der Waals surface area contributed by atoms with Crippen LogP contribution in [0.25, 0.3) is 16.7 Å². The number of benzene rings is 2. The van der Waals surface area contributed by atoms with Crippen LogP contribution in [0, 0.1) is 0 Å². The van der Waals surface area contributed by atoms with Gasteiger partial charge in [0.25, 0.3) is 5.56 Å². The molecule has 0 spiro atoms. The molecule has 4 aromatic rings. The Balaban J connectivity index is 1.78. The van der Waals surface area contributed by atoms with Crippen LogP contribution in [0.15, 0.2) is 63.0 Å². The quantitative estimate of drug-likeness (QED) is 0.273. The molecule has 4 rings (SSSR count). The summed E-state index contributed by atoms with van der Waals surface area (Å²) in [4.78, 5) is 25.9. The molecule has 30 heavy (non-hydrogen) atoms. The highest BCUT2D eigenvalue weighted by Gasteiger charge is 2.22. The van der Waals surface area contributed by atoms with Gasteiger partial charge in [-0.15, -0.1) is 10.2 Å². The summed E-state index contributed by atoms with van der Waals surface area (Å²) in [5.41, 5.74) is 1.34. The summed E-state index contributed by atoms with van der Waals surface area (Å²) in [5, 5.41) is 9.53. The first-order valence-electron chi connectivity index (χ1n) is 9.84. The van der Waals surface area contributed by atoms with Crippen molar-refractivity contribution in [2.45, 2.75) is 43.6 Å². The fourth-order valence-electron chi connectivity index (χ4n) is 3.39. The molecule has 0 fully saturated rings. The Hall–Kier alpha value is -2.45. The lowest BCUT2D eigenvalue weighted by Crippen LogP contribution is -2.23. The summed E-state index contributed by atoms with van der Waals surface area (Å²) in [7, 11) is 0. The second kappa shape index (κ2) is 8.73. The van der Waals surface area contributed by atoms with Gasteiger partial charge in [-0.05, 0) is 37.6 Å². The van der Waals surface area contributed by atoms with Crippen molar-refractivity contribution in [1.82, 2.24) is 19.2 Å². The van der Waals surface area contributed by atoms with Gasteiger partial charge in [-0.1, -0.05) is 65.3 Å². The van der Waals surface area contributed by atoms with E-state index in [1.807, 2.05) is 59.9 Å². The number of para-hydroxylation sites is 1. The highest BCUT2D eigenvalue weighted by Crippen LogP contribution is 2.27. The number of halogens is 1. The second-order valence-electron chi connectivity index (χ2n) is 7.08. The molecular weight excluding hydrogens is 464 g/mol. The zero-order valence-electron chi connectivity index (χ0n) is 16.7. The lowest BCUT2D eigenvalue weighted by Gasteiger charge is -2.12. The van der Waals surface area contributed by atoms with Crippen LogP contribution in [0.1, 0.15) is 37.0 Å². The summed E-state index contributed by atoms with van der Waals surface area (Å²) in [6.07, 6.45) is 1.85. The standard InChI is InChI=1S/C22H21BrN4O2S/c1-3-4-13-26-20(29)17-7-5-6-8-18(17)27-21(26)24-25-22(27)30-14(2)19(28)15-9-11-16(23)12-10-15/h5-12,14H,3-4,13H2,1-2H3. The molecule has 0 bridgehead atoms. The molecule has 0 saturated heterocycles. The number of aryl methyl sites for hydroxylation is 1. The van der Waals surface area contributed by atoms with Crippen molar-refractivity contribution in [3.8, 4) is 0 Å². The number of unbranched alkanes of at least 4 members (excludes halogenated alkanes) is 1. The Morgan fingerprint density at radius 2 is 1.87 bits per heavy atom. The van der Waals surface area contributed by atoms with E-state index in [9.17, 15) is 9.59 Å². The van der Waals surface area contributed by atoms with E-state index < -0.39 is 0 Å². The van der Waals surface area contributed by atoms with Crippen molar-refractivity contribution in [3.63, 3.8) is 0 Å². The van der Waals surface area contributed by atoms with Gasteiger partial charge in [0.05, 0.1) is 16.2 Å². The van der Waals surface area contributed by atoms with Gasteiger partial charge in [-0.3, -0.25) is 18.6 Å². The van der Waals surface area contributed by atoms with E-state index in [2.05, 4.69) is 33.1 Å². The molecule has 154 valence electrons. The molecule has 0 aliphatic heterocycles. The molecule has 1 atom stereocenters. The summed E-state index contributed by atoms with van der Waals surface area (Å²) >= 11 is 4.75. The predicted molar refractivity (Wildman–Crippen MR) is 123 cm³/mol. The van der Waals surface area contributed by atoms with Crippen molar-refractivity contribution in [1.29, 1.82) is 0 Å². The zero-order chi connectivity index (χ0) is 21.3. The SMILES string of the molecule is CCCCn1c(=O)c2ccccc2n2c(SC(C)C(=O)c3ccc(Br)cc3)nnc12. The molecule has 6 nitrogen and oxygen atoms in total. The minimum atomic E-state index is -0.353. The maximum atomic E-state index is 13.0. The molecule has 0 aliphatic rings. The molecule has 0 amide bonds. The number of thioether (sulfide) groups is 1. The van der Waals surface area contributed by atoms with Crippen LogP contribution in [-0.2, 0) is 6.54 Å². The minimum absolute atomic E-state index is 0.0212. The van der Waals surface area contributed by atoms with Gasteiger partial charge >= 0.3 is 0 Å². The summed E-state index contributed by atoms with van der Waals surface area (Å²) in [5.74, 6) is 0.533. The number of nitrogens with zero attached hydrogens (tertiary/aromatic N) is 4. The Labute approximate surface area is 186 Å². The number of fused-ring (bicyclic) bond motifs is 3. The van der Waals surface area contributed by atoms with Crippen molar-refractivity contribution in [2.24, 2.45) is 0 Å². The van der Waals surface area contributed by atoms with Gasteiger partial charge < -0.3 is 0 Å². The van der Waals surface area contributed by atoms with Crippen LogP contribution >= 0.6 is 27.7 Å². The van der Waals surface area contributed by atoms with Gasteiger partial charge in [0, 0.05) is 16.6 Å². The predicted octanol–water partition coefficient (Wildman–Crippen LogP) is 4.97. The minimum Gasteiger partial charge on any atom is -0.293 e. The number of hydrogen-bond acceptors (Lipinski definition) is 5. The zero-order valence-corrected chi connectivity index (χ0v) is 19.1. The van der Waals surface area contributed by atoms with E-state index in [-0.39, 0.29) is 16.6 Å². The number of Topliss-reactive ketones (excluding diaryl/α,β-unsaturated/α-hetero) is 1. The van der Waals surface area contributed by atoms with Crippen LogP contribution in [-0.4, -0.2) is 30.2 Å². The first-order valence-corrected chi connectivity index (χ1v) is 11.5. The molecule has 0 aliphatic carbocycles. The van der Waals surface area contributed by atoms with E-state index in [0.29, 0.717) is 28.4 Å². The number of carbonyl (C=O) groups excluding carboxylic acids is 1. The third-order valence-electron chi connectivity index (χ3n) is 4.99. The van der Waals surface area contributed by atoms with Crippen molar-refractivity contribution in [3.05, 3.63) is 68.9 Å². The average molecular weight is 485 g/mol. The molecule has 2 aromatic carbocycles. The third kappa shape index (κ3) is 3.81. The maximum Gasteiger partial charge on any atom is 0.262 e. The van der Waals surface area contributed by atoms with Crippen LogP contribution < -0.4 is 5.56 Å². The fraction of sp³-hybridized carbons (Fsp3) is 0.273. The van der Waals surface area contributed by atoms with E-state index >= 15 is 0 Å². The Morgan fingerprint density at radius 1 is 1.13 bits per heavy atom. The first kappa shape index (κ1) is 20.8. The normalized spacial score (nSPS) is 12.5. The van der Waals surface area contributed by atoms with E-state index in [1.165, 1.54) is 11.8 Å². The van der Waals surface area contributed by atoms with Gasteiger partial charge in [-0.25, -0.2) is 0 Å². The number of ketones is 1. The second-order valence-corrected chi connectivity index (χ2v) is 9.30. The molecule has 0 radical (unpaired) electrons. The first-order chi connectivity index (χ1) is 14.5. The van der Waals surface area contributed by atoms with Crippen LogP contribution in [0.5, 0.6) is 0 Å². The van der Waals surface area contributed by atoms with Crippen LogP contribution in [0.3, 0.4) is 0 Å². The van der Waals surface area contributed by atoms with Crippen LogP contribution in [0.2, 0.25) is 0 Å². The molecule has 2 aromatic heterocycles. The molecule has 2 heterocycles. The summed E-state index contributed by atoms with van der Waals surface area (Å²) in [6, 6.07) is 14.8. The Morgan fingerprint density at radius 3 is 2.60 bits per heavy atom. The van der Waals surface area contributed by atoms with Crippen molar-refractivity contribution in [2.75, 3.05) is 0 Å². The molecular formula is C22H21BrN4O2S. The van der Waals surface area contributed by atoms with E-state index in [1.54, 1.807) is 4.57 Å². The Bertz CT molecular complexity index is 1280. The lowest BCUT2D eigenvalue weighted by atomic mass is 10.1. The van der Waals surface area contributed by atoms with Gasteiger partial charge in [0.2, 0.25) is 5.78 Å². The van der Waals surface area contributed by atoms with Crippen molar-refractivity contribution < 1.29 is 4.79 Å². The third-order valence-corrected chi connectivity index (χ3v) is 6.56. The Kier molecular flexibility index (Phi) is 6.06. The summed E-state index contributed by atoms with van der Waals surface area (Å²) in [6.45, 7) is 4.54. The molecule has 1 unspecified atom stereocenters. The number of carbonyl (C=O) groups is 1. The lowest BCUT2D eigenvalue weighted by molar-refractivity contribution is 0.0994. The smallest absolute Gasteiger partial charge is 0.262 e. The maximum absolute atomic E-state index is 13.0. The largest absolute Gasteiger partial charge is 0.293 e. The number of hydrogen-bond donors (Lipinski definition) is 0. The topological polar surface area (TPSA) is 69.3 Å². The van der Waals surface area contributed by atoms with Gasteiger partial charge in [-0.2, -0.15) is 0 Å². The van der Waals surface area contributed by atoms with Crippen LogP contribution in [0.4, 0.5) is 0 Å². The summed E-state index contributed by atoms with van der Waals surface area (Å²) < 4.78 is 4.51. The van der Waals surface area contributed by atoms with Crippen molar-refractivity contribution >= 4 is 50.2 Å².